The lowest BCUT2D eigenvalue weighted by Crippen LogP contribution is -2.55. The van der Waals surface area contributed by atoms with Crippen LogP contribution in [0.2, 0.25) is 0 Å². The van der Waals surface area contributed by atoms with Crippen molar-refractivity contribution in [1.29, 1.82) is 0 Å². The smallest absolute Gasteiger partial charge is 0.157 e. The van der Waals surface area contributed by atoms with Crippen LogP contribution in [-0.2, 0) is 11.3 Å². The molecule has 1 aromatic heterocycles. The van der Waals surface area contributed by atoms with Crippen molar-refractivity contribution in [2.24, 2.45) is 40.4 Å². The summed E-state index contributed by atoms with van der Waals surface area (Å²) in [6.45, 7) is 7.37. The van der Waals surface area contributed by atoms with Gasteiger partial charge in [0.05, 0.1) is 11.1 Å². The largest absolute Gasteiger partial charge is 0.390 e. The molecule has 4 aliphatic rings. The summed E-state index contributed by atoms with van der Waals surface area (Å²) in [7, 11) is 0. The summed E-state index contributed by atoms with van der Waals surface area (Å²) >= 11 is 1.70. The van der Waals surface area contributed by atoms with Gasteiger partial charge in [-0.3, -0.25) is 4.79 Å². The third-order valence-corrected chi connectivity index (χ3v) is 12.1. The SMILES string of the molecule is CSc1ccc2c(c1)nnn2CC(=O)[C@H]1CC[C@H]2[C@@H]3CC[C@H]4C[C@](C)(O)CC[C@]4(C)[C@H]3CC[C@]12C. The lowest BCUT2D eigenvalue weighted by molar-refractivity contribution is -0.151. The van der Waals surface area contributed by atoms with Crippen LogP contribution in [0.4, 0.5) is 0 Å². The predicted octanol–water partition coefficient (Wildman–Crippen LogP) is 6.13. The monoisotopic (exact) mass is 495 g/mol. The fourth-order valence-corrected chi connectivity index (χ4v) is 9.85. The van der Waals surface area contributed by atoms with Gasteiger partial charge < -0.3 is 5.11 Å². The fourth-order valence-electron chi connectivity index (χ4n) is 9.41. The predicted molar refractivity (Wildman–Crippen MR) is 140 cm³/mol. The zero-order valence-corrected chi connectivity index (χ0v) is 22.6. The lowest BCUT2D eigenvalue weighted by Gasteiger charge is -2.61. The average molecular weight is 496 g/mol. The molecule has 1 aromatic carbocycles. The van der Waals surface area contributed by atoms with E-state index >= 15 is 0 Å². The number of rotatable bonds is 4. The van der Waals surface area contributed by atoms with E-state index in [1.54, 1.807) is 11.8 Å². The van der Waals surface area contributed by atoms with E-state index in [4.69, 9.17) is 0 Å². The van der Waals surface area contributed by atoms with E-state index in [-0.39, 0.29) is 11.3 Å². The van der Waals surface area contributed by atoms with Crippen molar-refractivity contribution >= 4 is 28.6 Å². The summed E-state index contributed by atoms with van der Waals surface area (Å²) < 4.78 is 1.82. The summed E-state index contributed by atoms with van der Waals surface area (Å²) in [5.41, 5.74) is 1.83. The van der Waals surface area contributed by atoms with Crippen LogP contribution in [0.5, 0.6) is 0 Å². The number of hydrogen-bond acceptors (Lipinski definition) is 5. The number of ketones is 1. The van der Waals surface area contributed by atoms with Gasteiger partial charge >= 0.3 is 0 Å². The topological polar surface area (TPSA) is 68.0 Å². The number of aliphatic hydroxyl groups is 1. The number of Topliss-reactive ketones (excluding diaryl/α,β-unsaturated/α-hetero) is 1. The van der Waals surface area contributed by atoms with Crippen LogP contribution in [0, 0.1) is 40.4 Å². The van der Waals surface area contributed by atoms with Crippen LogP contribution in [0.3, 0.4) is 0 Å². The van der Waals surface area contributed by atoms with E-state index in [1.165, 1.54) is 37.0 Å². The van der Waals surface area contributed by atoms with Crippen molar-refractivity contribution in [2.45, 2.75) is 95.6 Å². The van der Waals surface area contributed by atoms with Crippen molar-refractivity contribution in [1.82, 2.24) is 15.0 Å². The molecule has 1 N–H and O–H groups in total. The number of fused-ring (bicyclic) bond motifs is 6. The number of thioether (sulfide) groups is 1. The van der Waals surface area contributed by atoms with Crippen LogP contribution < -0.4 is 0 Å². The summed E-state index contributed by atoms with van der Waals surface area (Å²) in [5.74, 6) is 3.30. The van der Waals surface area contributed by atoms with Gasteiger partial charge in [-0.05, 0) is 124 Å². The van der Waals surface area contributed by atoms with E-state index in [0.29, 0.717) is 29.6 Å². The van der Waals surface area contributed by atoms with Gasteiger partial charge in [-0.25, -0.2) is 4.68 Å². The molecule has 0 saturated heterocycles. The molecule has 4 saturated carbocycles. The zero-order valence-electron chi connectivity index (χ0n) is 21.8. The molecule has 35 heavy (non-hydrogen) atoms. The first-order valence-corrected chi connectivity index (χ1v) is 15.0. The number of carbonyl (C=O) groups is 1. The van der Waals surface area contributed by atoms with Crippen molar-refractivity contribution in [3.8, 4) is 0 Å². The van der Waals surface area contributed by atoms with Gasteiger partial charge in [0, 0.05) is 10.8 Å². The molecule has 8 atom stereocenters. The minimum Gasteiger partial charge on any atom is -0.390 e. The highest BCUT2D eigenvalue weighted by atomic mass is 32.2. The Morgan fingerprint density at radius 1 is 1.06 bits per heavy atom. The summed E-state index contributed by atoms with van der Waals surface area (Å²) in [5, 5.41) is 19.5. The normalized spacial score (nSPS) is 42.9. The van der Waals surface area contributed by atoms with Gasteiger partial charge in [-0.1, -0.05) is 19.1 Å². The Morgan fingerprint density at radius 2 is 1.86 bits per heavy atom. The van der Waals surface area contributed by atoms with E-state index in [0.717, 1.165) is 48.6 Å². The van der Waals surface area contributed by atoms with E-state index < -0.39 is 5.60 Å². The number of nitrogens with zero attached hydrogens (tertiary/aromatic N) is 3. The first-order valence-electron chi connectivity index (χ1n) is 13.8. The highest BCUT2D eigenvalue weighted by molar-refractivity contribution is 7.98. The van der Waals surface area contributed by atoms with Crippen LogP contribution in [-0.4, -0.2) is 37.7 Å². The molecule has 0 bridgehead atoms. The quantitative estimate of drug-likeness (QED) is 0.517. The van der Waals surface area contributed by atoms with Crippen LogP contribution in [0.1, 0.15) is 78.6 Å². The second-order valence-corrected chi connectivity index (χ2v) is 14.0. The van der Waals surface area contributed by atoms with Crippen molar-refractivity contribution < 1.29 is 9.90 Å². The van der Waals surface area contributed by atoms with Gasteiger partial charge in [-0.15, -0.1) is 16.9 Å². The van der Waals surface area contributed by atoms with Crippen LogP contribution >= 0.6 is 11.8 Å². The summed E-state index contributed by atoms with van der Waals surface area (Å²) in [4.78, 5) is 14.9. The highest BCUT2D eigenvalue weighted by Gasteiger charge is 2.61. The molecule has 4 fully saturated rings. The molecular weight excluding hydrogens is 454 g/mol. The molecule has 0 unspecified atom stereocenters. The Labute approximate surface area is 213 Å². The fraction of sp³-hybridized carbons (Fsp3) is 0.759. The van der Waals surface area contributed by atoms with Gasteiger partial charge in [0.1, 0.15) is 12.1 Å². The molecule has 5 nitrogen and oxygen atoms in total. The Balaban J connectivity index is 1.21. The third kappa shape index (κ3) is 3.72. The van der Waals surface area contributed by atoms with Crippen LogP contribution in [0.15, 0.2) is 23.1 Å². The molecule has 0 radical (unpaired) electrons. The maximum absolute atomic E-state index is 13.7. The minimum absolute atomic E-state index is 0.115. The van der Waals surface area contributed by atoms with Gasteiger partial charge in [-0.2, -0.15) is 0 Å². The summed E-state index contributed by atoms with van der Waals surface area (Å²) in [6, 6.07) is 6.20. The number of aromatic nitrogens is 3. The average Bonchev–Trinajstić information content (AvgIpc) is 3.39. The van der Waals surface area contributed by atoms with Gasteiger partial charge in [0.25, 0.3) is 0 Å². The minimum atomic E-state index is -0.479. The first kappa shape index (κ1) is 24.0. The third-order valence-electron chi connectivity index (χ3n) is 11.4. The van der Waals surface area contributed by atoms with E-state index in [1.807, 2.05) is 11.6 Å². The number of benzene rings is 1. The molecule has 0 aliphatic heterocycles. The molecular formula is C29H41N3O2S. The Bertz CT molecular complexity index is 1140. The molecule has 0 amide bonds. The Morgan fingerprint density at radius 3 is 2.66 bits per heavy atom. The van der Waals surface area contributed by atoms with Gasteiger partial charge in [0.15, 0.2) is 5.78 Å². The molecule has 190 valence electrons. The highest BCUT2D eigenvalue weighted by Crippen LogP contribution is 2.68. The molecule has 6 heteroatoms. The number of hydrogen-bond donors (Lipinski definition) is 1. The first-order chi connectivity index (χ1) is 16.6. The van der Waals surface area contributed by atoms with Crippen molar-refractivity contribution in [2.75, 3.05) is 6.26 Å². The second kappa shape index (κ2) is 8.31. The number of carbonyl (C=O) groups excluding carboxylic acids is 1. The molecule has 4 aliphatic carbocycles. The van der Waals surface area contributed by atoms with E-state index in [9.17, 15) is 9.90 Å². The standard InChI is InChI=1S/C29H41N3O2S/c1-27(34)13-14-28(2)18(16-27)5-7-20-21-8-9-23(29(21,3)12-11-22(20)28)26(33)17-32-25-10-6-19(35-4)15-24(25)30-31-32/h6,10,15,18,20-23,34H,5,7-9,11-14,16-17H2,1-4H3/t18-,20-,21-,22-,23+,27+,28-,29-/m0/s1. The zero-order chi connectivity index (χ0) is 24.6. The molecule has 2 aromatic rings. The van der Waals surface area contributed by atoms with Crippen LogP contribution in [0.25, 0.3) is 11.0 Å². The molecule has 0 spiro atoms. The maximum Gasteiger partial charge on any atom is 0.157 e. The van der Waals surface area contributed by atoms with E-state index in [2.05, 4.69) is 48.6 Å². The van der Waals surface area contributed by atoms with Crippen molar-refractivity contribution in [3.05, 3.63) is 18.2 Å². The molecule has 1 heterocycles. The Kier molecular flexibility index (Phi) is 5.69. The maximum atomic E-state index is 13.7. The molecule has 6 rings (SSSR count). The second-order valence-electron chi connectivity index (χ2n) is 13.1. The Hall–Kier alpha value is -1.40. The lowest BCUT2D eigenvalue weighted by atomic mass is 9.44. The summed E-state index contributed by atoms with van der Waals surface area (Å²) in [6.07, 6.45) is 12.3. The van der Waals surface area contributed by atoms with Gasteiger partial charge in [0.2, 0.25) is 0 Å². The van der Waals surface area contributed by atoms with Crippen molar-refractivity contribution in [3.63, 3.8) is 0 Å².